The van der Waals surface area contributed by atoms with Gasteiger partial charge in [0, 0.05) is 23.7 Å². The molecule has 1 saturated carbocycles. The third-order valence-corrected chi connectivity index (χ3v) is 6.15. The van der Waals surface area contributed by atoms with Gasteiger partial charge in [-0.3, -0.25) is 9.59 Å². The average molecular weight is 447 g/mol. The van der Waals surface area contributed by atoms with Crippen molar-refractivity contribution >= 4 is 17.8 Å². The molecule has 2 aromatic rings. The third kappa shape index (κ3) is 4.90. The van der Waals surface area contributed by atoms with Gasteiger partial charge in [0.2, 0.25) is 0 Å². The molecule has 1 fully saturated rings. The zero-order valence-corrected chi connectivity index (χ0v) is 19.0. The standard InChI is InChI=1S/C23H27F2N3O2.CH5N/c1-23(2)11-18-20(19(30)12-23)21(22(24)25)27-28(18)16-9-8-14(13-29)17(10-16)26-15-6-4-3-5-7-15;1-2/h8-10,13,15,22,26H,3-7,11-12H2,1-2H3;2H2,1H3. The molecule has 32 heavy (non-hydrogen) atoms. The fourth-order valence-electron chi connectivity index (χ4n) is 4.71. The van der Waals surface area contributed by atoms with Crippen LogP contribution in [0.2, 0.25) is 0 Å². The smallest absolute Gasteiger partial charge is 0.282 e. The van der Waals surface area contributed by atoms with Gasteiger partial charge in [-0.25, -0.2) is 13.5 Å². The number of hydrogen-bond donors (Lipinski definition) is 2. The lowest BCUT2D eigenvalue weighted by Crippen LogP contribution is -2.28. The number of aldehydes is 1. The summed E-state index contributed by atoms with van der Waals surface area (Å²) in [5, 5.41) is 7.61. The minimum atomic E-state index is -2.82. The number of anilines is 1. The van der Waals surface area contributed by atoms with E-state index in [4.69, 9.17) is 0 Å². The number of halogens is 2. The Kier molecular flexibility index (Phi) is 7.44. The van der Waals surface area contributed by atoms with Crippen LogP contribution in [0.25, 0.3) is 5.69 Å². The fourth-order valence-corrected chi connectivity index (χ4v) is 4.71. The summed E-state index contributed by atoms with van der Waals surface area (Å²) < 4.78 is 28.8. The Hall–Kier alpha value is -2.61. The molecule has 0 spiro atoms. The first-order valence-corrected chi connectivity index (χ1v) is 11.2. The van der Waals surface area contributed by atoms with Crippen molar-refractivity contribution in [2.24, 2.45) is 11.1 Å². The van der Waals surface area contributed by atoms with Gasteiger partial charge < -0.3 is 11.1 Å². The van der Waals surface area contributed by atoms with Gasteiger partial charge in [0.1, 0.15) is 5.69 Å². The number of hydrogen-bond acceptors (Lipinski definition) is 5. The van der Waals surface area contributed by atoms with Crippen LogP contribution in [-0.4, -0.2) is 34.9 Å². The second-order valence-electron chi connectivity index (χ2n) is 9.23. The maximum atomic E-state index is 13.7. The lowest BCUT2D eigenvalue weighted by Gasteiger charge is -2.29. The van der Waals surface area contributed by atoms with Gasteiger partial charge in [0.15, 0.2) is 12.1 Å². The highest BCUT2D eigenvalue weighted by molar-refractivity contribution is 6.00. The Labute approximate surface area is 187 Å². The van der Waals surface area contributed by atoms with Crippen LogP contribution < -0.4 is 11.1 Å². The number of Topliss-reactive ketones (excluding diaryl/α,β-unsaturated/α-hetero) is 1. The van der Waals surface area contributed by atoms with Crippen LogP contribution in [0, 0.1) is 5.41 Å². The van der Waals surface area contributed by atoms with Crippen LogP contribution in [0.4, 0.5) is 14.5 Å². The number of benzene rings is 1. The predicted molar refractivity (Wildman–Crippen MR) is 121 cm³/mol. The molecule has 4 rings (SSSR count). The van der Waals surface area contributed by atoms with E-state index in [1.165, 1.54) is 18.2 Å². The second-order valence-corrected chi connectivity index (χ2v) is 9.23. The molecule has 0 bridgehead atoms. The third-order valence-electron chi connectivity index (χ3n) is 6.15. The first-order valence-electron chi connectivity index (χ1n) is 11.2. The maximum Gasteiger partial charge on any atom is 0.282 e. The molecule has 1 aromatic carbocycles. The Bertz CT molecular complexity index is 979. The normalized spacial score (nSPS) is 18.0. The van der Waals surface area contributed by atoms with Crippen LogP contribution >= 0.6 is 0 Å². The Morgan fingerprint density at radius 3 is 2.50 bits per heavy atom. The average Bonchev–Trinajstić information content (AvgIpc) is 3.15. The van der Waals surface area contributed by atoms with E-state index in [1.54, 1.807) is 18.2 Å². The molecule has 0 unspecified atom stereocenters. The number of nitrogens with zero attached hydrogens (tertiary/aromatic N) is 2. The van der Waals surface area contributed by atoms with Crippen LogP contribution in [0.1, 0.15) is 90.9 Å². The number of alkyl halides is 2. The van der Waals surface area contributed by atoms with Crippen LogP contribution in [-0.2, 0) is 6.42 Å². The minimum absolute atomic E-state index is 0.0607. The lowest BCUT2D eigenvalue weighted by molar-refractivity contribution is 0.0896. The SMILES string of the molecule is CC1(C)CC(=O)c2c(C(F)F)nn(-c3ccc(C=O)c(NC4CCCCC4)c3)c2C1.CN. The van der Waals surface area contributed by atoms with Gasteiger partial charge in [-0.05, 0) is 49.9 Å². The summed E-state index contributed by atoms with van der Waals surface area (Å²) in [4.78, 5) is 24.2. The number of fused-ring (bicyclic) bond motifs is 1. The largest absolute Gasteiger partial charge is 0.382 e. The maximum absolute atomic E-state index is 13.7. The molecular weight excluding hydrogens is 414 g/mol. The molecule has 0 saturated heterocycles. The fraction of sp³-hybridized carbons (Fsp3) is 0.542. The molecule has 6 nitrogen and oxygen atoms in total. The summed E-state index contributed by atoms with van der Waals surface area (Å²) in [5.74, 6) is -0.284. The Morgan fingerprint density at radius 1 is 1.19 bits per heavy atom. The van der Waals surface area contributed by atoms with Crippen LogP contribution in [0.15, 0.2) is 18.2 Å². The molecule has 2 aliphatic rings. The van der Waals surface area contributed by atoms with Crippen molar-refractivity contribution in [2.45, 2.75) is 71.3 Å². The van der Waals surface area contributed by atoms with Gasteiger partial charge in [-0.15, -0.1) is 0 Å². The monoisotopic (exact) mass is 446 g/mol. The summed E-state index contributed by atoms with van der Waals surface area (Å²) in [5.41, 5.74) is 6.08. The number of nitrogens with two attached hydrogens (primary N) is 1. The van der Waals surface area contributed by atoms with Crippen LogP contribution in [0.5, 0.6) is 0 Å². The molecule has 0 radical (unpaired) electrons. The quantitative estimate of drug-likeness (QED) is 0.624. The van der Waals surface area contributed by atoms with Crippen molar-refractivity contribution in [3.8, 4) is 5.69 Å². The topological polar surface area (TPSA) is 90.0 Å². The Morgan fingerprint density at radius 2 is 1.88 bits per heavy atom. The number of rotatable bonds is 5. The van der Waals surface area contributed by atoms with E-state index in [2.05, 4.69) is 16.1 Å². The van der Waals surface area contributed by atoms with Gasteiger partial charge in [0.05, 0.1) is 16.9 Å². The van der Waals surface area contributed by atoms with E-state index in [1.807, 2.05) is 13.8 Å². The highest BCUT2D eigenvalue weighted by atomic mass is 19.3. The van der Waals surface area contributed by atoms with Gasteiger partial charge >= 0.3 is 0 Å². The van der Waals surface area contributed by atoms with E-state index in [0.29, 0.717) is 29.1 Å². The molecule has 0 atom stereocenters. The van der Waals surface area contributed by atoms with Crippen molar-refractivity contribution in [3.63, 3.8) is 0 Å². The van der Waals surface area contributed by atoms with Crippen molar-refractivity contribution < 1.29 is 18.4 Å². The zero-order chi connectivity index (χ0) is 23.5. The van der Waals surface area contributed by atoms with E-state index in [0.717, 1.165) is 32.0 Å². The molecule has 2 aliphatic carbocycles. The van der Waals surface area contributed by atoms with E-state index in [-0.39, 0.29) is 29.2 Å². The van der Waals surface area contributed by atoms with E-state index in [9.17, 15) is 18.4 Å². The first-order chi connectivity index (χ1) is 15.3. The number of aromatic nitrogens is 2. The van der Waals surface area contributed by atoms with E-state index < -0.39 is 12.1 Å². The highest BCUT2D eigenvalue weighted by Crippen LogP contribution is 2.39. The van der Waals surface area contributed by atoms with Crippen molar-refractivity contribution in [1.29, 1.82) is 0 Å². The van der Waals surface area contributed by atoms with Crippen molar-refractivity contribution in [1.82, 2.24) is 9.78 Å². The summed E-state index contributed by atoms with van der Waals surface area (Å²) in [6.45, 7) is 3.91. The molecule has 0 amide bonds. The zero-order valence-electron chi connectivity index (χ0n) is 19.0. The molecule has 1 aromatic heterocycles. The van der Waals surface area contributed by atoms with Crippen molar-refractivity contribution in [3.05, 3.63) is 40.7 Å². The van der Waals surface area contributed by atoms with Gasteiger partial charge in [0.25, 0.3) is 6.43 Å². The van der Waals surface area contributed by atoms with E-state index >= 15 is 0 Å². The molecule has 8 heteroatoms. The first kappa shape index (κ1) is 24.0. The number of nitrogens with one attached hydrogen (secondary N) is 1. The Balaban J connectivity index is 0.00000141. The highest BCUT2D eigenvalue weighted by Gasteiger charge is 2.38. The summed E-state index contributed by atoms with van der Waals surface area (Å²) >= 11 is 0. The molecule has 3 N–H and O–H groups in total. The predicted octanol–water partition coefficient (Wildman–Crippen LogP) is 5.10. The summed E-state index contributed by atoms with van der Waals surface area (Å²) in [6.07, 6.45) is 4.28. The summed E-state index contributed by atoms with van der Waals surface area (Å²) in [6, 6.07) is 5.45. The number of carbonyl (C=O) groups excluding carboxylic acids is 2. The molecule has 0 aliphatic heterocycles. The number of ketones is 1. The molecular formula is C24H32F2N4O2. The van der Waals surface area contributed by atoms with Crippen LogP contribution in [0.3, 0.4) is 0 Å². The minimum Gasteiger partial charge on any atom is -0.382 e. The molecule has 1 heterocycles. The molecule has 174 valence electrons. The second kappa shape index (κ2) is 9.90. The van der Waals surface area contributed by atoms with Gasteiger partial charge in [-0.2, -0.15) is 5.10 Å². The van der Waals surface area contributed by atoms with Crippen molar-refractivity contribution in [2.75, 3.05) is 12.4 Å². The summed E-state index contributed by atoms with van der Waals surface area (Å²) in [7, 11) is 1.50. The lowest BCUT2D eigenvalue weighted by atomic mass is 9.75. The van der Waals surface area contributed by atoms with Gasteiger partial charge in [-0.1, -0.05) is 33.1 Å². The number of carbonyl (C=O) groups is 2.